The Morgan fingerprint density at radius 1 is 0.769 bits per heavy atom. The van der Waals surface area contributed by atoms with Gasteiger partial charge in [-0.1, -0.05) is 103 Å². The predicted octanol–water partition coefficient (Wildman–Crippen LogP) is 6.31. The van der Waals surface area contributed by atoms with Gasteiger partial charge >= 0.3 is 5.97 Å². The Labute approximate surface area is 168 Å². The number of thiol groups is 1. The molecule has 0 amide bonds. The van der Waals surface area contributed by atoms with E-state index < -0.39 is 0 Å². The molecule has 0 spiro atoms. The van der Waals surface area contributed by atoms with Gasteiger partial charge in [0.15, 0.2) is 0 Å². The molecule has 0 saturated heterocycles. The second-order valence-corrected chi connectivity index (χ2v) is 7.86. The molecule has 1 atom stereocenters. The summed E-state index contributed by atoms with van der Waals surface area (Å²) in [6.07, 6.45) is 21.7. The highest BCUT2D eigenvalue weighted by atomic mass is 32.1. The highest BCUT2D eigenvalue weighted by molar-refractivity contribution is 7.80. The van der Waals surface area contributed by atoms with E-state index in [1.165, 1.54) is 89.9 Å². The van der Waals surface area contributed by atoms with Gasteiger partial charge in [-0.15, -0.1) is 0 Å². The van der Waals surface area contributed by atoms with E-state index in [2.05, 4.69) is 24.9 Å². The molecule has 26 heavy (non-hydrogen) atoms. The first-order valence-corrected chi connectivity index (χ1v) is 11.8. The number of ether oxygens (including phenoxy) is 1. The normalized spacial score (nSPS) is 12.3. The van der Waals surface area contributed by atoms with Crippen LogP contribution in [0.2, 0.25) is 0 Å². The van der Waals surface area contributed by atoms with Crippen LogP contribution in [-0.2, 0) is 9.53 Å². The van der Waals surface area contributed by atoms with Crippen LogP contribution in [-0.4, -0.2) is 31.4 Å². The minimum absolute atomic E-state index is 0.177. The third-order valence-electron chi connectivity index (χ3n) is 5.06. The largest absolute Gasteiger partial charge is 0.465 e. The summed E-state index contributed by atoms with van der Waals surface area (Å²) >= 11 is 4.13. The Hall–Kier alpha value is -0.220. The zero-order chi connectivity index (χ0) is 19.3. The van der Waals surface area contributed by atoms with E-state index in [0.717, 1.165) is 12.8 Å². The maximum absolute atomic E-state index is 11.6. The van der Waals surface area contributed by atoms with Crippen molar-refractivity contribution in [3.8, 4) is 0 Å². The van der Waals surface area contributed by atoms with Crippen LogP contribution in [0.25, 0.3) is 0 Å². The molecule has 156 valence electrons. The van der Waals surface area contributed by atoms with Crippen molar-refractivity contribution in [1.29, 1.82) is 0 Å². The summed E-state index contributed by atoms with van der Waals surface area (Å²) < 4.78 is 5.25. The lowest BCUT2D eigenvalue weighted by Gasteiger charge is -2.12. The van der Waals surface area contributed by atoms with Gasteiger partial charge in [-0.2, -0.15) is 12.6 Å². The van der Waals surface area contributed by atoms with Gasteiger partial charge in [-0.05, 0) is 13.5 Å². The SMILES string of the molecule is CCCCCCCCCCCCCCCCCCOC(=O)[C@@H](CS)NC. The topological polar surface area (TPSA) is 38.3 Å². The number of unbranched alkanes of at least 4 members (excludes halogenated alkanes) is 15. The molecule has 0 aliphatic carbocycles. The number of carbonyl (C=O) groups excluding carboxylic acids is 1. The molecule has 0 aromatic rings. The standard InChI is InChI=1S/C22H45NO2S/c1-3-4-5-6-7-8-9-10-11-12-13-14-15-16-17-18-19-25-22(24)21(20-26)23-2/h21,23,26H,3-20H2,1-2H3/t21-/m1/s1. The van der Waals surface area contributed by atoms with Crippen molar-refractivity contribution in [2.75, 3.05) is 19.4 Å². The summed E-state index contributed by atoms with van der Waals surface area (Å²) in [5.41, 5.74) is 0. The van der Waals surface area contributed by atoms with Crippen LogP contribution in [0.1, 0.15) is 110 Å². The lowest BCUT2D eigenvalue weighted by Crippen LogP contribution is -2.37. The third-order valence-corrected chi connectivity index (χ3v) is 5.42. The maximum atomic E-state index is 11.6. The number of hydrogen-bond acceptors (Lipinski definition) is 4. The van der Waals surface area contributed by atoms with E-state index >= 15 is 0 Å². The van der Waals surface area contributed by atoms with Crippen LogP contribution in [0.3, 0.4) is 0 Å². The van der Waals surface area contributed by atoms with Gasteiger partial charge in [-0.25, -0.2) is 0 Å². The van der Waals surface area contributed by atoms with Crippen LogP contribution in [0.15, 0.2) is 0 Å². The van der Waals surface area contributed by atoms with E-state index in [1.807, 2.05) is 0 Å². The van der Waals surface area contributed by atoms with Crippen LogP contribution in [0, 0.1) is 0 Å². The first-order valence-electron chi connectivity index (χ1n) is 11.2. The predicted molar refractivity (Wildman–Crippen MR) is 117 cm³/mol. The Kier molecular flexibility index (Phi) is 20.9. The highest BCUT2D eigenvalue weighted by Crippen LogP contribution is 2.13. The quantitative estimate of drug-likeness (QED) is 0.146. The Morgan fingerprint density at radius 2 is 1.15 bits per heavy atom. The first kappa shape index (κ1) is 25.8. The fourth-order valence-electron chi connectivity index (χ4n) is 3.21. The third kappa shape index (κ3) is 17.2. The van der Waals surface area contributed by atoms with Crippen LogP contribution in [0.5, 0.6) is 0 Å². The second kappa shape index (κ2) is 21.1. The zero-order valence-corrected chi connectivity index (χ0v) is 18.5. The molecule has 3 nitrogen and oxygen atoms in total. The minimum atomic E-state index is -0.278. The van der Waals surface area contributed by atoms with Crippen LogP contribution < -0.4 is 5.32 Å². The van der Waals surface area contributed by atoms with Gasteiger partial charge in [-0.3, -0.25) is 4.79 Å². The van der Waals surface area contributed by atoms with Gasteiger partial charge in [0.1, 0.15) is 6.04 Å². The van der Waals surface area contributed by atoms with Crippen molar-refractivity contribution < 1.29 is 9.53 Å². The highest BCUT2D eigenvalue weighted by Gasteiger charge is 2.15. The van der Waals surface area contributed by atoms with Crippen molar-refractivity contribution in [2.45, 2.75) is 116 Å². The number of rotatable bonds is 20. The molecule has 0 aliphatic heterocycles. The fraction of sp³-hybridized carbons (Fsp3) is 0.955. The lowest BCUT2D eigenvalue weighted by molar-refractivity contribution is -0.145. The average Bonchev–Trinajstić information content (AvgIpc) is 2.65. The van der Waals surface area contributed by atoms with Gasteiger partial charge in [0.2, 0.25) is 0 Å². The van der Waals surface area contributed by atoms with Crippen molar-refractivity contribution in [3.63, 3.8) is 0 Å². The van der Waals surface area contributed by atoms with E-state index in [1.54, 1.807) is 7.05 Å². The smallest absolute Gasteiger partial charge is 0.323 e. The van der Waals surface area contributed by atoms with Gasteiger partial charge in [0.25, 0.3) is 0 Å². The van der Waals surface area contributed by atoms with E-state index in [0.29, 0.717) is 12.4 Å². The fourth-order valence-corrected chi connectivity index (χ4v) is 3.54. The number of likely N-dealkylation sites (N-methyl/N-ethyl adjacent to an activating group) is 1. The van der Waals surface area contributed by atoms with E-state index in [-0.39, 0.29) is 12.0 Å². The van der Waals surface area contributed by atoms with Gasteiger partial charge < -0.3 is 10.1 Å². The van der Waals surface area contributed by atoms with Crippen LogP contribution >= 0.6 is 12.6 Å². The number of nitrogens with one attached hydrogen (secondary N) is 1. The van der Waals surface area contributed by atoms with Crippen LogP contribution in [0.4, 0.5) is 0 Å². The Balaban J connectivity index is 3.14. The van der Waals surface area contributed by atoms with Crippen molar-refractivity contribution >= 4 is 18.6 Å². The van der Waals surface area contributed by atoms with E-state index in [9.17, 15) is 4.79 Å². The molecule has 4 heteroatoms. The van der Waals surface area contributed by atoms with Crippen molar-refractivity contribution in [1.82, 2.24) is 5.32 Å². The maximum Gasteiger partial charge on any atom is 0.323 e. The molecule has 0 unspecified atom stereocenters. The summed E-state index contributed by atoms with van der Waals surface area (Å²) in [7, 11) is 1.76. The summed E-state index contributed by atoms with van der Waals surface area (Å²) in [5, 5.41) is 2.91. The summed E-state index contributed by atoms with van der Waals surface area (Å²) in [6, 6.07) is -0.278. The molecular weight excluding hydrogens is 342 g/mol. The second-order valence-electron chi connectivity index (χ2n) is 7.49. The van der Waals surface area contributed by atoms with Crippen molar-refractivity contribution in [2.24, 2.45) is 0 Å². The minimum Gasteiger partial charge on any atom is -0.465 e. The molecule has 1 N–H and O–H groups in total. The molecule has 0 aromatic heterocycles. The molecule has 0 aromatic carbocycles. The van der Waals surface area contributed by atoms with Gasteiger partial charge in [0.05, 0.1) is 6.61 Å². The molecule has 0 aliphatic rings. The van der Waals surface area contributed by atoms with Gasteiger partial charge in [0, 0.05) is 5.75 Å². The first-order chi connectivity index (χ1) is 12.8. The molecule has 0 heterocycles. The summed E-state index contributed by atoms with van der Waals surface area (Å²) in [6.45, 7) is 2.82. The average molecular weight is 388 g/mol. The Morgan fingerprint density at radius 3 is 1.50 bits per heavy atom. The summed E-state index contributed by atoms with van der Waals surface area (Å²) in [5.74, 6) is 0.303. The molecule has 0 radical (unpaired) electrons. The lowest BCUT2D eigenvalue weighted by atomic mass is 10.0. The molecular formula is C22H45NO2S. The molecule has 0 bridgehead atoms. The Bertz CT molecular complexity index is 296. The van der Waals surface area contributed by atoms with E-state index in [4.69, 9.17) is 4.74 Å². The van der Waals surface area contributed by atoms with Crippen molar-refractivity contribution in [3.05, 3.63) is 0 Å². The zero-order valence-electron chi connectivity index (χ0n) is 17.6. The molecule has 0 rings (SSSR count). The monoisotopic (exact) mass is 387 g/mol. The molecule has 0 fully saturated rings. The number of carbonyl (C=O) groups is 1. The number of esters is 1. The summed E-state index contributed by atoms with van der Waals surface area (Å²) in [4.78, 5) is 11.6. The molecule has 0 saturated carbocycles. The number of hydrogen-bond donors (Lipinski definition) is 2.